The van der Waals surface area contributed by atoms with Crippen LogP contribution in [0.3, 0.4) is 0 Å². The third kappa shape index (κ3) is 3.44. The Bertz CT molecular complexity index is 1050. The minimum absolute atomic E-state index is 0.0899. The lowest BCUT2D eigenvalue weighted by molar-refractivity contribution is -0.110. The number of carbonyl (C=O) groups excluding carboxylic acids is 1. The first-order valence-corrected chi connectivity index (χ1v) is 9.26. The van der Waals surface area contributed by atoms with Gasteiger partial charge in [0.25, 0.3) is 0 Å². The van der Waals surface area contributed by atoms with Crippen molar-refractivity contribution in [1.82, 2.24) is 9.88 Å². The Morgan fingerprint density at radius 3 is 2.79 bits per heavy atom. The first-order chi connectivity index (χ1) is 13.9. The number of fused-ring (bicyclic) bond motifs is 1. The molecule has 8 nitrogen and oxygen atoms in total. The van der Waals surface area contributed by atoms with Gasteiger partial charge in [0, 0.05) is 31.9 Å². The van der Waals surface area contributed by atoms with Gasteiger partial charge in [-0.25, -0.2) is 13.6 Å². The minimum atomic E-state index is -1.44. The molecule has 2 N–H and O–H groups in total. The molecule has 2 fully saturated rings. The van der Waals surface area contributed by atoms with E-state index in [9.17, 15) is 23.9 Å². The molecule has 1 amide bonds. The number of hydrogen-bond acceptors (Lipinski definition) is 5. The third-order valence-electron chi connectivity index (χ3n) is 5.24. The van der Waals surface area contributed by atoms with E-state index in [4.69, 9.17) is 4.74 Å². The average Bonchev–Trinajstić information content (AvgIpc) is 3.52. The summed E-state index contributed by atoms with van der Waals surface area (Å²) in [7, 11) is 0. The third-order valence-corrected chi connectivity index (χ3v) is 5.24. The lowest BCUT2D eigenvalue weighted by Gasteiger charge is -2.35. The molecule has 154 valence electrons. The van der Waals surface area contributed by atoms with E-state index in [1.165, 1.54) is 9.47 Å². The fraction of sp³-hybridized carbons (Fsp3) is 0.421. The summed E-state index contributed by atoms with van der Waals surface area (Å²) >= 11 is 0. The van der Waals surface area contributed by atoms with Crippen LogP contribution in [0.25, 0.3) is 10.9 Å². The number of halogens is 2. The zero-order valence-electron chi connectivity index (χ0n) is 15.4. The molecule has 1 saturated heterocycles. The lowest BCUT2D eigenvalue weighted by atomic mass is 10.1. The molecule has 1 aliphatic carbocycles. The van der Waals surface area contributed by atoms with Crippen LogP contribution in [0.4, 0.5) is 14.5 Å². The zero-order valence-corrected chi connectivity index (χ0v) is 15.4. The van der Waals surface area contributed by atoms with Crippen molar-refractivity contribution in [3.05, 3.63) is 39.7 Å². The van der Waals surface area contributed by atoms with Crippen molar-refractivity contribution in [2.24, 2.45) is 0 Å². The van der Waals surface area contributed by atoms with E-state index in [0.717, 1.165) is 25.1 Å². The van der Waals surface area contributed by atoms with Gasteiger partial charge in [-0.15, -0.1) is 0 Å². The monoisotopic (exact) mass is 407 g/mol. The van der Waals surface area contributed by atoms with E-state index < -0.39 is 34.7 Å². The van der Waals surface area contributed by atoms with E-state index in [2.05, 4.69) is 5.32 Å². The van der Waals surface area contributed by atoms with E-state index >= 15 is 4.39 Å². The molecule has 2 aromatic rings. The van der Waals surface area contributed by atoms with Crippen molar-refractivity contribution in [3.63, 3.8) is 0 Å². The molecule has 10 heteroatoms. The van der Waals surface area contributed by atoms with Gasteiger partial charge < -0.3 is 24.6 Å². The predicted molar refractivity (Wildman–Crippen MR) is 99.4 cm³/mol. The second-order valence-electron chi connectivity index (χ2n) is 7.20. The summed E-state index contributed by atoms with van der Waals surface area (Å²) in [6.07, 6.45) is 2.67. The zero-order chi connectivity index (χ0) is 20.7. The summed E-state index contributed by atoms with van der Waals surface area (Å²) in [5, 5.41) is 11.5. The average molecular weight is 407 g/mol. The number of nitrogens with one attached hydrogen (secondary N) is 1. The number of carbonyl (C=O) groups is 2. The SMILES string of the molecule is O=CNCC1CN(c2c(F)cc3c(=O)c(C(=O)O)cn(C4CC4)c3c2F)CCO1. The number of hydrogen-bond donors (Lipinski definition) is 2. The summed E-state index contributed by atoms with van der Waals surface area (Å²) in [5.74, 6) is -3.28. The van der Waals surface area contributed by atoms with Crippen molar-refractivity contribution in [1.29, 1.82) is 0 Å². The van der Waals surface area contributed by atoms with Crippen LogP contribution in [0, 0.1) is 11.6 Å². The molecule has 2 heterocycles. The highest BCUT2D eigenvalue weighted by molar-refractivity contribution is 5.94. The largest absolute Gasteiger partial charge is 0.477 e. The number of pyridine rings is 1. The van der Waals surface area contributed by atoms with E-state index in [1.807, 2.05) is 0 Å². The molecule has 1 aromatic heterocycles. The Balaban J connectivity index is 1.85. The Kier molecular flexibility index (Phi) is 4.95. The fourth-order valence-electron chi connectivity index (χ4n) is 3.74. The minimum Gasteiger partial charge on any atom is -0.477 e. The smallest absolute Gasteiger partial charge is 0.341 e. The predicted octanol–water partition coefficient (Wildman–Crippen LogP) is 1.26. The van der Waals surface area contributed by atoms with Crippen LogP contribution in [-0.2, 0) is 9.53 Å². The number of carboxylic acid groups (broad SMARTS) is 1. The molecule has 29 heavy (non-hydrogen) atoms. The standard InChI is InChI=1S/C19H19F2N3O5/c20-14-5-12-16(24(10-1-2-10)8-13(18(12)26)19(27)28)15(21)17(14)23-3-4-29-11(7-23)6-22-9-25/h5,8-11H,1-4,6-7H2,(H,22,25)(H,27,28). The van der Waals surface area contributed by atoms with Crippen molar-refractivity contribution < 1.29 is 28.2 Å². The molecule has 1 atom stereocenters. The van der Waals surface area contributed by atoms with Gasteiger partial charge >= 0.3 is 5.97 Å². The number of aromatic carboxylic acids is 1. The number of ether oxygens (including phenoxy) is 1. The van der Waals surface area contributed by atoms with Crippen molar-refractivity contribution in [3.8, 4) is 0 Å². The normalized spacial score (nSPS) is 19.4. The molecule has 4 rings (SSSR count). The second-order valence-corrected chi connectivity index (χ2v) is 7.20. The highest BCUT2D eigenvalue weighted by atomic mass is 19.1. The first kappa shape index (κ1) is 19.3. The van der Waals surface area contributed by atoms with Crippen LogP contribution in [0.1, 0.15) is 29.2 Å². The van der Waals surface area contributed by atoms with Gasteiger partial charge in [-0.1, -0.05) is 0 Å². The quantitative estimate of drug-likeness (QED) is 0.700. The Hall–Kier alpha value is -3.01. The van der Waals surface area contributed by atoms with Crippen LogP contribution >= 0.6 is 0 Å². The maximum Gasteiger partial charge on any atom is 0.341 e. The van der Waals surface area contributed by atoms with Gasteiger partial charge in [-0.2, -0.15) is 0 Å². The first-order valence-electron chi connectivity index (χ1n) is 9.26. The summed E-state index contributed by atoms with van der Waals surface area (Å²) in [4.78, 5) is 35.9. The summed E-state index contributed by atoms with van der Waals surface area (Å²) in [6, 6.07) is 0.786. The number of nitrogens with zero attached hydrogens (tertiary/aromatic N) is 2. The van der Waals surface area contributed by atoms with Gasteiger partial charge in [-0.3, -0.25) is 9.59 Å². The van der Waals surface area contributed by atoms with Gasteiger partial charge in [-0.05, 0) is 18.9 Å². The maximum absolute atomic E-state index is 15.6. The second kappa shape index (κ2) is 7.43. The lowest BCUT2D eigenvalue weighted by Crippen LogP contribution is -2.47. The van der Waals surface area contributed by atoms with E-state index in [-0.39, 0.29) is 48.9 Å². The molecule has 1 aromatic carbocycles. The summed E-state index contributed by atoms with van der Waals surface area (Å²) in [5.41, 5.74) is -1.80. The number of benzene rings is 1. The van der Waals surface area contributed by atoms with Crippen molar-refractivity contribution in [2.45, 2.75) is 25.0 Å². The fourth-order valence-corrected chi connectivity index (χ4v) is 3.74. The van der Waals surface area contributed by atoms with Gasteiger partial charge in [0.1, 0.15) is 17.1 Å². The molecular weight excluding hydrogens is 388 g/mol. The number of anilines is 1. The van der Waals surface area contributed by atoms with Crippen LogP contribution in [0.2, 0.25) is 0 Å². The molecule has 1 unspecified atom stereocenters. The molecule has 0 radical (unpaired) electrons. The molecule has 1 aliphatic heterocycles. The summed E-state index contributed by atoms with van der Waals surface area (Å²) < 4.78 is 37.4. The highest BCUT2D eigenvalue weighted by Gasteiger charge is 2.32. The topological polar surface area (TPSA) is 101 Å². The molecule has 2 aliphatic rings. The molecular formula is C19H19F2N3O5. The van der Waals surface area contributed by atoms with Crippen LogP contribution in [0.15, 0.2) is 17.1 Å². The van der Waals surface area contributed by atoms with Crippen molar-refractivity contribution in [2.75, 3.05) is 31.1 Å². The van der Waals surface area contributed by atoms with Gasteiger partial charge in [0.2, 0.25) is 11.8 Å². The molecule has 0 spiro atoms. The van der Waals surface area contributed by atoms with Crippen LogP contribution < -0.4 is 15.6 Å². The van der Waals surface area contributed by atoms with Gasteiger partial charge in [0.05, 0.1) is 23.6 Å². The number of aromatic nitrogens is 1. The maximum atomic E-state index is 15.6. The van der Waals surface area contributed by atoms with Crippen molar-refractivity contribution >= 4 is 29.0 Å². The highest BCUT2D eigenvalue weighted by Crippen LogP contribution is 2.39. The summed E-state index contributed by atoms with van der Waals surface area (Å²) in [6.45, 7) is 0.805. The number of carboxylic acids is 1. The Morgan fingerprint density at radius 1 is 1.38 bits per heavy atom. The molecule has 1 saturated carbocycles. The number of amides is 1. The van der Waals surface area contributed by atoms with Crippen LogP contribution in [0.5, 0.6) is 0 Å². The Labute approximate surface area is 163 Å². The van der Waals surface area contributed by atoms with E-state index in [0.29, 0.717) is 6.41 Å². The van der Waals surface area contributed by atoms with E-state index in [1.54, 1.807) is 0 Å². The van der Waals surface area contributed by atoms with Gasteiger partial charge in [0.15, 0.2) is 5.82 Å². The molecule has 0 bridgehead atoms. The number of morpholine rings is 1. The Morgan fingerprint density at radius 2 is 2.14 bits per heavy atom. The van der Waals surface area contributed by atoms with Crippen LogP contribution in [-0.4, -0.2) is 54.4 Å². The number of rotatable bonds is 6.